The largest absolute Gasteiger partial charge is 0.495 e. The van der Waals surface area contributed by atoms with Gasteiger partial charge in [0, 0.05) is 24.7 Å². The number of para-hydroxylation sites is 1. The number of aromatic nitrogens is 1. The van der Waals surface area contributed by atoms with Crippen LogP contribution in [0.2, 0.25) is 0 Å². The standard InChI is InChI=1S/C14H19NO2/c1-10-11(7-5-9-16)12-6-4-8-13(17-3)14(12)15(10)2/h4,6,8,16H,5,7,9H2,1-3H3. The third-order valence-corrected chi connectivity index (χ3v) is 3.40. The molecular formula is C14H19NO2. The molecule has 0 aliphatic rings. The van der Waals surface area contributed by atoms with Crippen molar-refractivity contribution in [1.29, 1.82) is 0 Å². The topological polar surface area (TPSA) is 34.4 Å². The molecule has 0 aliphatic heterocycles. The van der Waals surface area contributed by atoms with Gasteiger partial charge in [0.25, 0.3) is 0 Å². The number of methoxy groups -OCH3 is 1. The highest BCUT2D eigenvalue weighted by atomic mass is 16.5. The van der Waals surface area contributed by atoms with E-state index < -0.39 is 0 Å². The summed E-state index contributed by atoms with van der Waals surface area (Å²) in [7, 11) is 3.76. The van der Waals surface area contributed by atoms with E-state index in [0.29, 0.717) is 0 Å². The summed E-state index contributed by atoms with van der Waals surface area (Å²) in [5, 5.41) is 10.2. The lowest BCUT2D eigenvalue weighted by Gasteiger charge is -2.04. The molecule has 2 rings (SSSR count). The maximum Gasteiger partial charge on any atom is 0.143 e. The minimum absolute atomic E-state index is 0.236. The Hall–Kier alpha value is -1.48. The van der Waals surface area contributed by atoms with Crippen molar-refractivity contribution in [2.24, 2.45) is 7.05 Å². The molecule has 1 aromatic heterocycles. The van der Waals surface area contributed by atoms with E-state index in [4.69, 9.17) is 9.84 Å². The normalized spacial score (nSPS) is 11.1. The molecule has 0 spiro atoms. The van der Waals surface area contributed by atoms with Crippen molar-refractivity contribution < 1.29 is 9.84 Å². The summed E-state index contributed by atoms with van der Waals surface area (Å²) < 4.78 is 7.58. The monoisotopic (exact) mass is 233 g/mol. The van der Waals surface area contributed by atoms with Crippen LogP contribution < -0.4 is 4.74 Å². The van der Waals surface area contributed by atoms with E-state index in [1.165, 1.54) is 16.6 Å². The third-order valence-electron chi connectivity index (χ3n) is 3.40. The first-order chi connectivity index (χ1) is 8.20. The second kappa shape index (κ2) is 4.80. The van der Waals surface area contributed by atoms with Crippen molar-refractivity contribution in [3.8, 4) is 5.75 Å². The molecule has 0 atom stereocenters. The minimum Gasteiger partial charge on any atom is -0.495 e. The van der Waals surface area contributed by atoms with Crippen molar-refractivity contribution in [3.05, 3.63) is 29.5 Å². The first-order valence-electron chi connectivity index (χ1n) is 5.92. The van der Waals surface area contributed by atoms with Crippen molar-refractivity contribution in [2.75, 3.05) is 13.7 Å². The maximum atomic E-state index is 8.97. The SMILES string of the molecule is COc1cccc2c(CCCO)c(C)n(C)c12. The fourth-order valence-corrected chi connectivity index (χ4v) is 2.41. The first-order valence-corrected chi connectivity index (χ1v) is 5.92. The van der Waals surface area contributed by atoms with E-state index in [-0.39, 0.29) is 6.61 Å². The van der Waals surface area contributed by atoms with Gasteiger partial charge in [-0.25, -0.2) is 0 Å². The Morgan fingerprint density at radius 1 is 1.35 bits per heavy atom. The number of hydrogen-bond acceptors (Lipinski definition) is 2. The van der Waals surface area contributed by atoms with Gasteiger partial charge in [-0.2, -0.15) is 0 Å². The average molecular weight is 233 g/mol. The smallest absolute Gasteiger partial charge is 0.143 e. The fraction of sp³-hybridized carbons (Fsp3) is 0.429. The lowest BCUT2D eigenvalue weighted by atomic mass is 10.1. The van der Waals surface area contributed by atoms with Gasteiger partial charge in [0.05, 0.1) is 12.6 Å². The molecule has 17 heavy (non-hydrogen) atoms. The highest BCUT2D eigenvalue weighted by Gasteiger charge is 2.14. The molecule has 2 aromatic rings. The second-order valence-corrected chi connectivity index (χ2v) is 4.31. The van der Waals surface area contributed by atoms with Crippen LogP contribution in [0.15, 0.2) is 18.2 Å². The molecule has 0 fully saturated rings. The molecule has 0 saturated heterocycles. The molecule has 0 amide bonds. The van der Waals surface area contributed by atoms with Crippen LogP contribution in [0.4, 0.5) is 0 Å². The van der Waals surface area contributed by atoms with Gasteiger partial charge in [-0.15, -0.1) is 0 Å². The fourth-order valence-electron chi connectivity index (χ4n) is 2.41. The Kier molecular flexibility index (Phi) is 3.38. The van der Waals surface area contributed by atoms with Crippen LogP contribution in [0.3, 0.4) is 0 Å². The average Bonchev–Trinajstić information content (AvgIpc) is 2.60. The predicted octanol–water partition coefficient (Wildman–Crippen LogP) is 2.42. The highest BCUT2D eigenvalue weighted by molar-refractivity contribution is 5.90. The molecule has 0 radical (unpaired) electrons. The van der Waals surface area contributed by atoms with Crippen molar-refractivity contribution in [1.82, 2.24) is 4.57 Å². The molecule has 0 unspecified atom stereocenters. The van der Waals surface area contributed by atoms with E-state index in [9.17, 15) is 0 Å². The van der Waals surface area contributed by atoms with Crippen molar-refractivity contribution >= 4 is 10.9 Å². The van der Waals surface area contributed by atoms with Crippen LogP contribution in [0, 0.1) is 6.92 Å². The Morgan fingerprint density at radius 2 is 2.12 bits per heavy atom. The summed E-state index contributed by atoms with van der Waals surface area (Å²) in [6.45, 7) is 2.35. The van der Waals surface area contributed by atoms with Crippen molar-refractivity contribution in [2.45, 2.75) is 19.8 Å². The Labute approximate surface area is 102 Å². The van der Waals surface area contributed by atoms with E-state index in [0.717, 1.165) is 24.1 Å². The molecule has 3 nitrogen and oxygen atoms in total. The van der Waals surface area contributed by atoms with Crippen LogP contribution in [0.5, 0.6) is 5.75 Å². The van der Waals surface area contributed by atoms with Gasteiger partial charge in [-0.1, -0.05) is 12.1 Å². The molecule has 1 aromatic carbocycles. The molecule has 0 bridgehead atoms. The zero-order valence-corrected chi connectivity index (χ0v) is 10.7. The number of aryl methyl sites for hydroxylation is 2. The van der Waals surface area contributed by atoms with E-state index in [1.807, 2.05) is 12.1 Å². The number of aliphatic hydroxyl groups is 1. The molecule has 0 saturated carbocycles. The van der Waals surface area contributed by atoms with Crippen LogP contribution in [0.25, 0.3) is 10.9 Å². The summed E-state index contributed by atoms with van der Waals surface area (Å²) in [6, 6.07) is 6.12. The third kappa shape index (κ3) is 1.91. The number of aliphatic hydroxyl groups excluding tert-OH is 1. The number of hydrogen-bond donors (Lipinski definition) is 1. The van der Waals surface area contributed by atoms with Crippen LogP contribution in [0.1, 0.15) is 17.7 Å². The number of rotatable bonds is 4. The van der Waals surface area contributed by atoms with Crippen LogP contribution >= 0.6 is 0 Å². The number of nitrogens with zero attached hydrogens (tertiary/aromatic N) is 1. The summed E-state index contributed by atoms with van der Waals surface area (Å²) in [5.74, 6) is 0.906. The predicted molar refractivity (Wildman–Crippen MR) is 69.6 cm³/mol. The Bertz CT molecular complexity index is 528. The van der Waals surface area contributed by atoms with Crippen molar-refractivity contribution in [3.63, 3.8) is 0 Å². The number of ether oxygens (including phenoxy) is 1. The molecule has 0 aliphatic carbocycles. The van der Waals surface area contributed by atoms with Gasteiger partial charge in [-0.05, 0) is 31.4 Å². The summed E-state index contributed by atoms with van der Waals surface area (Å²) in [4.78, 5) is 0. The first kappa shape index (κ1) is 12.0. The number of fused-ring (bicyclic) bond motifs is 1. The van der Waals surface area contributed by atoms with Crippen LogP contribution in [-0.4, -0.2) is 23.4 Å². The van der Waals surface area contributed by atoms with Gasteiger partial charge in [-0.3, -0.25) is 0 Å². The summed E-state index contributed by atoms with van der Waals surface area (Å²) in [5.41, 5.74) is 3.70. The zero-order valence-electron chi connectivity index (χ0n) is 10.7. The van der Waals surface area contributed by atoms with Gasteiger partial charge < -0.3 is 14.4 Å². The van der Waals surface area contributed by atoms with Crippen LogP contribution in [-0.2, 0) is 13.5 Å². The molecule has 1 N–H and O–H groups in total. The molecule has 3 heteroatoms. The number of benzene rings is 1. The zero-order chi connectivity index (χ0) is 12.4. The Morgan fingerprint density at radius 3 is 2.76 bits per heavy atom. The minimum atomic E-state index is 0.236. The molecular weight excluding hydrogens is 214 g/mol. The maximum absolute atomic E-state index is 8.97. The lowest BCUT2D eigenvalue weighted by Crippen LogP contribution is -1.95. The molecule has 1 heterocycles. The summed E-state index contributed by atoms with van der Waals surface area (Å²) in [6.07, 6.45) is 1.71. The van der Waals surface area contributed by atoms with E-state index >= 15 is 0 Å². The molecule has 92 valence electrons. The van der Waals surface area contributed by atoms with Gasteiger partial charge in [0.2, 0.25) is 0 Å². The Balaban J connectivity index is 2.64. The highest BCUT2D eigenvalue weighted by Crippen LogP contribution is 2.32. The van der Waals surface area contributed by atoms with E-state index in [2.05, 4.69) is 24.6 Å². The van der Waals surface area contributed by atoms with Gasteiger partial charge in [0.1, 0.15) is 5.75 Å². The quantitative estimate of drug-likeness (QED) is 0.880. The van der Waals surface area contributed by atoms with Gasteiger partial charge in [0.15, 0.2) is 0 Å². The summed E-state index contributed by atoms with van der Waals surface area (Å²) >= 11 is 0. The van der Waals surface area contributed by atoms with E-state index in [1.54, 1.807) is 7.11 Å². The second-order valence-electron chi connectivity index (χ2n) is 4.31. The lowest BCUT2D eigenvalue weighted by molar-refractivity contribution is 0.288. The van der Waals surface area contributed by atoms with Gasteiger partial charge >= 0.3 is 0 Å².